The van der Waals surface area contributed by atoms with Crippen LogP contribution >= 0.6 is 0 Å². The number of fused-ring (bicyclic) bond motifs is 1. The predicted molar refractivity (Wildman–Crippen MR) is 104 cm³/mol. The van der Waals surface area contributed by atoms with E-state index in [-0.39, 0.29) is 24.9 Å². The van der Waals surface area contributed by atoms with Crippen molar-refractivity contribution in [3.05, 3.63) is 29.2 Å². The zero-order chi connectivity index (χ0) is 20.8. The average molecular weight is 410 g/mol. The monoisotopic (exact) mass is 410 g/mol. The van der Waals surface area contributed by atoms with Gasteiger partial charge in [-0.1, -0.05) is 13.8 Å². The fourth-order valence-corrected chi connectivity index (χ4v) is 4.51. The highest BCUT2D eigenvalue weighted by Crippen LogP contribution is 2.42. The van der Waals surface area contributed by atoms with Crippen molar-refractivity contribution in [2.75, 3.05) is 13.2 Å². The number of alkyl halides is 3. The van der Waals surface area contributed by atoms with E-state index in [1.165, 1.54) is 0 Å². The molecule has 8 heteroatoms. The quantitative estimate of drug-likeness (QED) is 0.806. The lowest BCUT2D eigenvalue weighted by atomic mass is 9.80. The maximum Gasteiger partial charge on any atom is 0.391 e. The molecule has 1 saturated carbocycles. The highest BCUT2D eigenvalue weighted by molar-refractivity contribution is 5.43. The van der Waals surface area contributed by atoms with Crippen LogP contribution in [0.2, 0.25) is 0 Å². The molecule has 3 heterocycles. The molecule has 2 aromatic heterocycles. The Balaban J connectivity index is 1.55. The fourth-order valence-electron chi connectivity index (χ4n) is 4.51. The number of aryl methyl sites for hydroxylation is 1. The summed E-state index contributed by atoms with van der Waals surface area (Å²) >= 11 is 0. The second-order valence-corrected chi connectivity index (χ2v) is 8.83. The molecule has 1 saturated heterocycles. The Hall–Kier alpha value is -1.67. The van der Waals surface area contributed by atoms with Crippen molar-refractivity contribution < 1.29 is 17.9 Å². The van der Waals surface area contributed by atoms with Gasteiger partial charge in [-0.15, -0.1) is 0 Å². The molecule has 0 radical (unpaired) electrons. The van der Waals surface area contributed by atoms with Crippen LogP contribution in [0, 0.1) is 18.8 Å². The topological polar surface area (TPSA) is 51.5 Å². The summed E-state index contributed by atoms with van der Waals surface area (Å²) in [5.74, 6) is -0.625. The van der Waals surface area contributed by atoms with Crippen LogP contribution in [0.4, 0.5) is 13.2 Å². The number of aromatic nitrogens is 3. The van der Waals surface area contributed by atoms with E-state index < -0.39 is 12.1 Å². The normalized spacial score (nSPS) is 28.9. The van der Waals surface area contributed by atoms with E-state index in [0.29, 0.717) is 38.0 Å². The van der Waals surface area contributed by atoms with Gasteiger partial charge in [-0.05, 0) is 44.6 Å². The van der Waals surface area contributed by atoms with Crippen molar-refractivity contribution >= 4 is 5.65 Å². The number of ether oxygens (including phenoxy) is 1. The van der Waals surface area contributed by atoms with Gasteiger partial charge in [0.05, 0.1) is 23.9 Å². The molecule has 0 amide bonds. The summed E-state index contributed by atoms with van der Waals surface area (Å²) in [6.45, 7) is 7.62. The molecule has 0 bridgehead atoms. The molecule has 2 aliphatic rings. The molecule has 0 unspecified atom stereocenters. The van der Waals surface area contributed by atoms with Crippen molar-refractivity contribution in [2.45, 2.75) is 70.7 Å². The van der Waals surface area contributed by atoms with Crippen LogP contribution in [-0.4, -0.2) is 40.0 Å². The zero-order valence-electron chi connectivity index (χ0n) is 17.2. The number of nitrogens with one attached hydrogen (secondary N) is 1. The molecule has 1 N–H and O–H groups in total. The Morgan fingerprint density at radius 2 is 1.90 bits per heavy atom. The first-order valence-corrected chi connectivity index (χ1v) is 10.5. The fraction of sp³-hybridized carbons (Fsp3) is 0.714. The number of rotatable bonds is 3. The van der Waals surface area contributed by atoms with Gasteiger partial charge >= 0.3 is 6.18 Å². The van der Waals surface area contributed by atoms with Gasteiger partial charge < -0.3 is 10.1 Å². The van der Waals surface area contributed by atoms with Crippen molar-refractivity contribution in [2.24, 2.45) is 11.8 Å². The Morgan fingerprint density at radius 3 is 2.48 bits per heavy atom. The lowest BCUT2D eigenvalue weighted by Crippen LogP contribution is -2.46. The summed E-state index contributed by atoms with van der Waals surface area (Å²) in [6.07, 6.45) is -2.83. The molecule has 2 fully saturated rings. The summed E-state index contributed by atoms with van der Waals surface area (Å²) in [6, 6.07) is 4.26. The van der Waals surface area contributed by atoms with E-state index in [2.05, 4.69) is 24.1 Å². The van der Waals surface area contributed by atoms with Crippen molar-refractivity contribution in [3.63, 3.8) is 0 Å². The summed E-state index contributed by atoms with van der Waals surface area (Å²) in [4.78, 5) is 4.59. The van der Waals surface area contributed by atoms with Gasteiger partial charge in [-0.3, -0.25) is 0 Å². The van der Waals surface area contributed by atoms with Crippen LogP contribution in [0.1, 0.15) is 68.6 Å². The SMILES string of the molecule is Cc1cc([C@H]2CN[C@@H](C(C)C)CO2)n2nc(C3CCC(C(F)(F)F)CC3)cc2n1. The van der Waals surface area contributed by atoms with Crippen LogP contribution in [0.3, 0.4) is 0 Å². The summed E-state index contributed by atoms with van der Waals surface area (Å²) in [5.41, 5.74) is 3.41. The third-order valence-electron chi connectivity index (χ3n) is 6.39. The molecule has 0 spiro atoms. The minimum atomic E-state index is -4.09. The van der Waals surface area contributed by atoms with Crippen molar-refractivity contribution in [1.82, 2.24) is 19.9 Å². The molecular formula is C21H29F3N4O. The molecule has 29 heavy (non-hydrogen) atoms. The highest BCUT2D eigenvalue weighted by atomic mass is 19.4. The van der Waals surface area contributed by atoms with Crippen LogP contribution < -0.4 is 5.32 Å². The zero-order valence-corrected chi connectivity index (χ0v) is 17.2. The van der Waals surface area contributed by atoms with Gasteiger partial charge in [0, 0.05) is 30.3 Å². The molecular weight excluding hydrogens is 381 g/mol. The third-order valence-corrected chi connectivity index (χ3v) is 6.39. The first kappa shape index (κ1) is 20.6. The van der Waals surface area contributed by atoms with Crippen molar-refractivity contribution in [3.8, 4) is 0 Å². The van der Waals surface area contributed by atoms with Crippen molar-refractivity contribution in [1.29, 1.82) is 0 Å². The van der Waals surface area contributed by atoms with E-state index in [4.69, 9.17) is 9.84 Å². The number of halogens is 3. The van der Waals surface area contributed by atoms with Gasteiger partial charge in [0.1, 0.15) is 6.10 Å². The van der Waals surface area contributed by atoms with Crippen LogP contribution in [0.25, 0.3) is 5.65 Å². The van der Waals surface area contributed by atoms with Crippen LogP contribution in [0.5, 0.6) is 0 Å². The van der Waals surface area contributed by atoms with E-state index in [0.717, 1.165) is 22.7 Å². The molecule has 4 rings (SSSR count). The molecule has 2 atom stereocenters. The maximum atomic E-state index is 13.0. The Labute approximate surface area is 169 Å². The van der Waals surface area contributed by atoms with Gasteiger partial charge in [0.2, 0.25) is 0 Å². The minimum absolute atomic E-state index is 0.0548. The molecule has 1 aliphatic carbocycles. The lowest BCUT2D eigenvalue weighted by molar-refractivity contribution is -0.182. The molecule has 0 aromatic carbocycles. The molecule has 2 aromatic rings. The minimum Gasteiger partial charge on any atom is -0.369 e. The largest absolute Gasteiger partial charge is 0.391 e. The number of hydrogen-bond acceptors (Lipinski definition) is 4. The summed E-state index contributed by atoms with van der Waals surface area (Å²) in [5, 5.41) is 8.31. The second-order valence-electron chi connectivity index (χ2n) is 8.83. The molecule has 1 aliphatic heterocycles. The van der Waals surface area contributed by atoms with Crippen LogP contribution in [-0.2, 0) is 4.74 Å². The number of morpholine rings is 1. The standard InChI is InChI=1S/C21H29F3N4O/c1-12(2)17-11-29-19(10-25-17)18-8-13(3)26-20-9-16(27-28(18)20)14-4-6-15(7-5-14)21(22,23)24/h8-9,12,14-15,17,19,25H,4-7,10-11H2,1-3H3/t14?,15?,17-,19-/m1/s1. The van der Waals surface area contributed by atoms with Gasteiger partial charge in [-0.2, -0.15) is 18.3 Å². The predicted octanol–water partition coefficient (Wildman–Crippen LogP) is 4.56. The number of nitrogens with zero attached hydrogens (tertiary/aromatic N) is 3. The first-order chi connectivity index (χ1) is 13.7. The van der Waals surface area contributed by atoms with Gasteiger partial charge in [0.25, 0.3) is 0 Å². The average Bonchev–Trinajstić information content (AvgIpc) is 3.10. The molecule has 160 valence electrons. The van der Waals surface area contributed by atoms with E-state index in [1.807, 2.05) is 23.6 Å². The Morgan fingerprint density at radius 1 is 1.17 bits per heavy atom. The lowest BCUT2D eigenvalue weighted by Gasteiger charge is -2.32. The maximum absolute atomic E-state index is 13.0. The summed E-state index contributed by atoms with van der Waals surface area (Å²) in [7, 11) is 0. The smallest absolute Gasteiger partial charge is 0.369 e. The van der Waals surface area contributed by atoms with E-state index in [9.17, 15) is 13.2 Å². The Kier molecular flexibility index (Phi) is 5.59. The van der Waals surface area contributed by atoms with Crippen LogP contribution in [0.15, 0.2) is 12.1 Å². The second kappa shape index (κ2) is 7.87. The van der Waals surface area contributed by atoms with E-state index in [1.54, 1.807) is 0 Å². The van der Waals surface area contributed by atoms with E-state index >= 15 is 0 Å². The Bertz CT molecular complexity index is 847. The number of hydrogen-bond donors (Lipinski definition) is 1. The summed E-state index contributed by atoms with van der Waals surface area (Å²) < 4.78 is 46.9. The highest BCUT2D eigenvalue weighted by Gasteiger charge is 2.42. The third kappa shape index (κ3) is 4.28. The first-order valence-electron chi connectivity index (χ1n) is 10.5. The van der Waals surface area contributed by atoms with Gasteiger partial charge in [-0.25, -0.2) is 9.50 Å². The van der Waals surface area contributed by atoms with Gasteiger partial charge in [0.15, 0.2) is 5.65 Å². The molecule has 5 nitrogen and oxygen atoms in total.